The number of hydrogen-bond donors (Lipinski definition) is 0. The summed E-state index contributed by atoms with van der Waals surface area (Å²) in [6.45, 7) is 2.19. The normalized spacial score (nSPS) is 10.2. The van der Waals surface area contributed by atoms with Crippen LogP contribution in [-0.4, -0.2) is 12.6 Å². The van der Waals surface area contributed by atoms with Crippen LogP contribution in [0.3, 0.4) is 0 Å². The summed E-state index contributed by atoms with van der Waals surface area (Å²) in [5, 5.41) is 3.06. The van der Waals surface area contributed by atoms with Gasteiger partial charge >= 0.3 is 5.97 Å². The van der Waals surface area contributed by atoms with Crippen molar-refractivity contribution in [3.8, 4) is 11.1 Å². The van der Waals surface area contributed by atoms with Crippen molar-refractivity contribution in [2.75, 3.05) is 6.61 Å². The first-order valence-corrected chi connectivity index (χ1v) is 6.76. The summed E-state index contributed by atoms with van der Waals surface area (Å²) in [5.41, 5.74) is 2.72. The van der Waals surface area contributed by atoms with E-state index in [0.717, 1.165) is 14.9 Å². The third kappa shape index (κ3) is 2.76. The molecular weight excluding hydrogens is 300 g/mol. The minimum atomic E-state index is -0.282. The monoisotopic (exact) mass is 309 g/mol. The Morgan fingerprint density at radius 2 is 2.12 bits per heavy atom. The van der Waals surface area contributed by atoms with Crippen LogP contribution in [0.4, 0.5) is 0 Å². The van der Waals surface area contributed by atoms with Crippen LogP contribution < -0.4 is 0 Å². The molecular formula is C13H10BrO2S. The quantitative estimate of drug-likeness (QED) is 0.796. The van der Waals surface area contributed by atoms with Gasteiger partial charge in [-0.05, 0) is 46.6 Å². The van der Waals surface area contributed by atoms with Crippen molar-refractivity contribution < 1.29 is 9.53 Å². The lowest BCUT2D eigenvalue weighted by Gasteiger charge is -2.03. The molecule has 2 rings (SSSR count). The maximum atomic E-state index is 11.5. The summed E-state index contributed by atoms with van der Waals surface area (Å²) in [4.78, 5) is 11.5. The van der Waals surface area contributed by atoms with E-state index in [0.29, 0.717) is 12.2 Å². The second-order valence-corrected chi connectivity index (χ2v) is 5.52. The lowest BCUT2D eigenvalue weighted by Crippen LogP contribution is -2.03. The van der Waals surface area contributed by atoms with Crippen molar-refractivity contribution in [1.29, 1.82) is 0 Å². The Labute approximate surface area is 112 Å². The number of rotatable bonds is 3. The molecule has 0 saturated carbocycles. The van der Waals surface area contributed by atoms with Gasteiger partial charge < -0.3 is 4.74 Å². The molecule has 0 unspecified atom stereocenters. The van der Waals surface area contributed by atoms with E-state index in [-0.39, 0.29) is 5.97 Å². The number of ether oxygens (including phenoxy) is 1. The van der Waals surface area contributed by atoms with Gasteiger partial charge in [0, 0.05) is 10.9 Å². The molecule has 2 nitrogen and oxygen atoms in total. The van der Waals surface area contributed by atoms with E-state index < -0.39 is 0 Å². The Morgan fingerprint density at radius 3 is 2.65 bits per heavy atom. The molecule has 0 atom stereocenters. The van der Waals surface area contributed by atoms with Crippen LogP contribution in [0.1, 0.15) is 17.3 Å². The molecule has 4 heteroatoms. The maximum Gasteiger partial charge on any atom is 0.338 e. The molecule has 0 amide bonds. The summed E-state index contributed by atoms with van der Waals surface area (Å²) in [6.07, 6.45) is 0. The number of hydrogen-bond acceptors (Lipinski definition) is 3. The number of carbonyl (C=O) groups excluding carboxylic acids is 1. The molecule has 17 heavy (non-hydrogen) atoms. The van der Waals surface area contributed by atoms with E-state index in [2.05, 4.69) is 21.3 Å². The van der Waals surface area contributed by atoms with Crippen molar-refractivity contribution in [2.24, 2.45) is 0 Å². The minimum absolute atomic E-state index is 0.282. The van der Waals surface area contributed by atoms with Crippen molar-refractivity contribution in [3.63, 3.8) is 0 Å². The van der Waals surface area contributed by atoms with Crippen molar-refractivity contribution >= 4 is 33.2 Å². The second-order valence-electron chi connectivity index (χ2n) is 3.35. The highest BCUT2D eigenvalue weighted by Gasteiger charge is 2.08. The second kappa shape index (κ2) is 5.47. The molecule has 1 aromatic heterocycles. The van der Waals surface area contributed by atoms with Crippen molar-refractivity contribution in [2.45, 2.75) is 6.92 Å². The van der Waals surface area contributed by atoms with Gasteiger partial charge in [-0.1, -0.05) is 12.1 Å². The molecule has 0 aliphatic rings. The van der Waals surface area contributed by atoms with Crippen LogP contribution in [0.15, 0.2) is 34.1 Å². The zero-order valence-electron chi connectivity index (χ0n) is 9.20. The van der Waals surface area contributed by atoms with Crippen LogP contribution in [0.25, 0.3) is 11.1 Å². The lowest BCUT2D eigenvalue weighted by atomic mass is 10.1. The molecule has 2 aromatic rings. The van der Waals surface area contributed by atoms with E-state index in [1.807, 2.05) is 18.2 Å². The SMILES string of the molecule is CCOC(=O)c1ccc(-c2c[c]sc2Br)cc1. The minimum Gasteiger partial charge on any atom is -0.462 e. The zero-order valence-corrected chi connectivity index (χ0v) is 11.6. The van der Waals surface area contributed by atoms with E-state index in [1.165, 1.54) is 11.3 Å². The molecule has 0 saturated heterocycles. The van der Waals surface area contributed by atoms with Gasteiger partial charge in [0.2, 0.25) is 0 Å². The summed E-state index contributed by atoms with van der Waals surface area (Å²) in [5.74, 6) is -0.282. The highest BCUT2D eigenvalue weighted by molar-refractivity contribution is 9.11. The molecule has 0 N–H and O–H groups in total. The van der Waals surface area contributed by atoms with E-state index in [1.54, 1.807) is 19.1 Å². The molecule has 87 valence electrons. The van der Waals surface area contributed by atoms with Gasteiger partial charge in [-0.2, -0.15) is 0 Å². The number of esters is 1. The Bertz CT molecular complexity index is 516. The summed E-state index contributed by atoms with van der Waals surface area (Å²) >= 11 is 4.99. The summed E-state index contributed by atoms with van der Waals surface area (Å²) in [6, 6.07) is 9.29. The Hall–Kier alpha value is -1.13. The topological polar surface area (TPSA) is 26.3 Å². The predicted molar refractivity (Wildman–Crippen MR) is 72.2 cm³/mol. The zero-order chi connectivity index (χ0) is 12.3. The molecule has 0 aliphatic carbocycles. The standard InChI is InChI=1S/C13H10BrO2S/c1-2-16-13(15)10-5-3-9(4-6-10)11-7-8-17-12(11)14/h3-7H,2H2,1H3. The maximum absolute atomic E-state index is 11.5. The van der Waals surface area contributed by atoms with Gasteiger partial charge in [-0.3, -0.25) is 0 Å². The first kappa shape index (κ1) is 12.3. The third-order valence-electron chi connectivity index (χ3n) is 2.27. The van der Waals surface area contributed by atoms with Crippen LogP contribution in [-0.2, 0) is 4.74 Å². The summed E-state index contributed by atoms with van der Waals surface area (Å²) < 4.78 is 5.97. The average molecular weight is 310 g/mol. The fourth-order valence-electron chi connectivity index (χ4n) is 1.45. The Kier molecular flexibility index (Phi) is 3.97. The van der Waals surface area contributed by atoms with Gasteiger partial charge in [0.1, 0.15) is 0 Å². The first-order chi connectivity index (χ1) is 8.22. The van der Waals surface area contributed by atoms with Crippen LogP contribution in [0.5, 0.6) is 0 Å². The summed E-state index contributed by atoms with van der Waals surface area (Å²) in [7, 11) is 0. The number of thiophene rings is 1. The van der Waals surface area contributed by atoms with Crippen LogP contribution in [0, 0.1) is 5.38 Å². The Morgan fingerprint density at radius 1 is 1.41 bits per heavy atom. The van der Waals surface area contributed by atoms with Gasteiger partial charge in [-0.25, -0.2) is 4.79 Å². The predicted octanol–water partition coefficient (Wildman–Crippen LogP) is 4.15. The van der Waals surface area contributed by atoms with Gasteiger partial charge in [0.15, 0.2) is 0 Å². The number of carbonyl (C=O) groups is 1. The molecule has 0 fully saturated rings. The molecule has 0 spiro atoms. The van der Waals surface area contributed by atoms with Gasteiger partial charge in [0.05, 0.1) is 16.0 Å². The number of halogens is 1. The fraction of sp³-hybridized carbons (Fsp3) is 0.154. The molecule has 1 radical (unpaired) electrons. The van der Waals surface area contributed by atoms with Crippen molar-refractivity contribution in [1.82, 2.24) is 0 Å². The third-order valence-corrected chi connectivity index (χ3v) is 3.82. The van der Waals surface area contributed by atoms with Crippen molar-refractivity contribution in [3.05, 3.63) is 45.1 Å². The number of benzene rings is 1. The smallest absolute Gasteiger partial charge is 0.338 e. The highest BCUT2D eigenvalue weighted by atomic mass is 79.9. The Balaban J connectivity index is 2.25. The lowest BCUT2D eigenvalue weighted by molar-refractivity contribution is 0.0526. The van der Waals surface area contributed by atoms with Gasteiger partial charge in [-0.15, -0.1) is 11.3 Å². The average Bonchev–Trinajstić information content (AvgIpc) is 2.76. The van der Waals surface area contributed by atoms with Crippen LogP contribution >= 0.6 is 27.3 Å². The largest absolute Gasteiger partial charge is 0.462 e. The van der Waals surface area contributed by atoms with E-state index in [9.17, 15) is 4.79 Å². The molecule has 0 aliphatic heterocycles. The first-order valence-electron chi connectivity index (χ1n) is 5.15. The van der Waals surface area contributed by atoms with E-state index >= 15 is 0 Å². The molecule has 0 bridgehead atoms. The highest BCUT2D eigenvalue weighted by Crippen LogP contribution is 2.32. The van der Waals surface area contributed by atoms with Gasteiger partial charge in [0.25, 0.3) is 0 Å². The van der Waals surface area contributed by atoms with Crippen LogP contribution in [0.2, 0.25) is 0 Å². The fourth-order valence-corrected chi connectivity index (χ4v) is 2.64. The molecule has 1 heterocycles. The molecule has 1 aromatic carbocycles. The van der Waals surface area contributed by atoms with E-state index in [4.69, 9.17) is 4.74 Å².